The highest BCUT2D eigenvalue weighted by atomic mass is 16.7. The molecular formula is C9H16O9. The van der Waals surface area contributed by atoms with E-state index in [0.29, 0.717) is 0 Å². The van der Waals surface area contributed by atoms with Gasteiger partial charge in [-0.25, -0.2) is 4.79 Å². The zero-order valence-electron chi connectivity index (χ0n) is 9.25. The van der Waals surface area contributed by atoms with Gasteiger partial charge in [-0.2, -0.15) is 0 Å². The van der Waals surface area contributed by atoms with E-state index in [2.05, 4.69) is 4.74 Å². The van der Waals surface area contributed by atoms with Gasteiger partial charge in [0.2, 0.25) is 0 Å². The molecule has 1 aliphatic rings. The minimum atomic E-state index is -2.78. The molecule has 0 aromatic heterocycles. The molecule has 18 heavy (non-hydrogen) atoms. The van der Waals surface area contributed by atoms with Crippen LogP contribution in [0.1, 0.15) is 6.42 Å². The van der Waals surface area contributed by atoms with E-state index in [0.717, 1.165) is 0 Å². The summed E-state index contributed by atoms with van der Waals surface area (Å²) in [5, 5.41) is 64.6. The van der Waals surface area contributed by atoms with Gasteiger partial charge in [-0.05, 0) is 0 Å². The third kappa shape index (κ3) is 2.78. The van der Waals surface area contributed by atoms with Gasteiger partial charge in [0.25, 0.3) is 5.79 Å². The van der Waals surface area contributed by atoms with E-state index in [1.165, 1.54) is 0 Å². The maximum Gasteiger partial charge on any atom is 0.364 e. The molecule has 1 unspecified atom stereocenters. The van der Waals surface area contributed by atoms with Crippen LogP contribution in [0.25, 0.3) is 0 Å². The van der Waals surface area contributed by atoms with Crippen LogP contribution in [-0.2, 0) is 9.53 Å². The Labute approximate surface area is 101 Å². The SMILES string of the molecule is O=C(O)C1(O)C[C@H](O)[C@@H](O)[C@H]([C@H](O)[C@@H](O)CO)O1. The second-order valence-corrected chi connectivity index (χ2v) is 4.17. The van der Waals surface area contributed by atoms with E-state index >= 15 is 0 Å². The van der Waals surface area contributed by atoms with Gasteiger partial charge in [-0.3, -0.25) is 0 Å². The summed E-state index contributed by atoms with van der Waals surface area (Å²) < 4.78 is 4.63. The largest absolute Gasteiger partial charge is 0.477 e. The molecule has 7 N–H and O–H groups in total. The smallest absolute Gasteiger partial charge is 0.364 e. The molecule has 9 nitrogen and oxygen atoms in total. The second kappa shape index (κ2) is 5.45. The van der Waals surface area contributed by atoms with E-state index in [1.807, 2.05) is 0 Å². The van der Waals surface area contributed by atoms with Crippen LogP contribution in [0.5, 0.6) is 0 Å². The van der Waals surface area contributed by atoms with Crippen LogP contribution >= 0.6 is 0 Å². The molecule has 0 aromatic rings. The highest BCUT2D eigenvalue weighted by Gasteiger charge is 2.53. The second-order valence-electron chi connectivity index (χ2n) is 4.17. The first kappa shape index (κ1) is 15.2. The highest BCUT2D eigenvalue weighted by Crippen LogP contribution is 2.30. The lowest BCUT2D eigenvalue weighted by Crippen LogP contribution is -2.63. The summed E-state index contributed by atoms with van der Waals surface area (Å²) in [6.45, 7) is -0.866. The van der Waals surface area contributed by atoms with Crippen LogP contribution in [0.2, 0.25) is 0 Å². The topological polar surface area (TPSA) is 168 Å². The number of aliphatic hydroxyl groups is 6. The molecule has 0 aliphatic carbocycles. The van der Waals surface area contributed by atoms with Gasteiger partial charge in [0, 0.05) is 6.42 Å². The summed E-state index contributed by atoms with van der Waals surface area (Å²) in [7, 11) is 0. The van der Waals surface area contributed by atoms with E-state index in [-0.39, 0.29) is 0 Å². The van der Waals surface area contributed by atoms with Crippen molar-refractivity contribution < 1.29 is 45.3 Å². The molecule has 106 valence electrons. The van der Waals surface area contributed by atoms with Crippen molar-refractivity contribution in [1.29, 1.82) is 0 Å². The number of ether oxygens (including phenoxy) is 1. The van der Waals surface area contributed by atoms with E-state index in [1.54, 1.807) is 0 Å². The van der Waals surface area contributed by atoms with Crippen molar-refractivity contribution in [2.45, 2.75) is 42.7 Å². The van der Waals surface area contributed by atoms with Crippen LogP contribution < -0.4 is 0 Å². The van der Waals surface area contributed by atoms with Gasteiger partial charge in [0.15, 0.2) is 0 Å². The Kier molecular flexibility index (Phi) is 4.61. The van der Waals surface area contributed by atoms with Gasteiger partial charge in [-0.1, -0.05) is 0 Å². The van der Waals surface area contributed by atoms with Crippen LogP contribution in [0, 0.1) is 0 Å². The van der Waals surface area contributed by atoms with Crippen molar-refractivity contribution in [3.05, 3.63) is 0 Å². The first-order valence-electron chi connectivity index (χ1n) is 5.19. The molecule has 0 radical (unpaired) electrons. The van der Waals surface area contributed by atoms with Crippen molar-refractivity contribution in [2.24, 2.45) is 0 Å². The zero-order valence-corrected chi connectivity index (χ0v) is 9.25. The van der Waals surface area contributed by atoms with Gasteiger partial charge in [-0.15, -0.1) is 0 Å². The molecule has 1 heterocycles. The minimum absolute atomic E-state index is 0.790. The van der Waals surface area contributed by atoms with Crippen molar-refractivity contribution in [2.75, 3.05) is 6.61 Å². The molecule has 1 saturated heterocycles. The monoisotopic (exact) mass is 268 g/mol. The van der Waals surface area contributed by atoms with Crippen molar-refractivity contribution in [3.8, 4) is 0 Å². The van der Waals surface area contributed by atoms with Gasteiger partial charge in [0.1, 0.15) is 24.4 Å². The molecule has 0 spiro atoms. The number of aliphatic hydroxyl groups excluding tert-OH is 5. The maximum absolute atomic E-state index is 10.8. The normalized spacial score (nSPS) is 40.2. The molecule has 0 amide bonds. The molecule has 6 atom stereocenters. The predicted octanol–water partition coefficient (Wildman–Crippen LogP) is -4.02. The number of carboxylic acids is 1. The van der Waals surface area contributed by atoms with E-state index < -0.39 is 55.3 Å². The average Bonchev–Trinajstić information content (AvgIpc) is 2.31. The number of aliphatic carboxylic acids is 1. The van der Waals surface area contributed by atoms with Crippen molar-refractivity contribution >= 4 is 5.97 Å². The summed E-state index contributed by atoms with van der Waals surface area (Å²) >= 11 is 0. The molecule has 0 aromatic carbocycles. The van der Waals surface area contributed by atoms with E-state index in [9.17, 15) is 30.3 Å². The zero-order chi connectivity index (χ0) is 14.1. The molecule has 9 heteroatoms. The summed E-state index contributed by atoms with van der Waals surface area (Å²) in [5.41, 5.74) is 0. The quantitative estimate of drug-likeness (QED) is 0.268. The standard InChI is InChI=1S/C9H16O9/c10-2-4(12)6(14)7-5(13)3(11)1-9(17,18-7)8(15)16/h3-7,10-14,17H,1-2H2,(H,15,16)/t3-,4-,5+,6+,7+,9?/m0/s1. The Morgan fingerprint density at radius 1 is 1.39 bits per heavy atom. The minimum Gasteiger partial charge on any atom is -0.477 e. The number of rotatable bonds is 4. The lowest BCUT2D eigenvalue weighted by atomic mass is 9.91. The Morgan fingerprint density at radius 3 is 2.39 bits per heavy atom. The molecule has 1 aliphatic heterocycles. The molecule has 0 saturated carbocycles. The fourth-order valence-corrected chi connectivity index (χ4v) is 1.70. The lowest BCUT2D eigenvalue weighted by molar-refractivity contribution is -0.312. The van der Waals surface area contributed by atoms with Crippen LogP contribution in [0.3, 0.4) is 0 Å². The van der Waals surface area contributed by atoms with E-state index in [4.69, 9.17) is 10.2 Å². The maximum atomic E-state index is 10.8. The predicted molar refractivity (Wildman–Crippen MR) is 53.2 cm³/mol. The molecule has 1 fully saturated rings. The van der Waals surface area contributed by atoms with Crippen LogP contribution in [-0.4, -0.2) is 84.6 Å². The molecule has 0 bridgehead atoms. The Bertz CT molecular complexity index is 308. The number of carbonyl (C=O) groups is 1. The fraction of sp³-hybridized carbons (Fsp3) is 0.889. The lowest BCUT2D eigenvalue weighted by Gasteiger charge is -2.42. The Balaban J connectivity index is 2.92. The fourth-order valence-electron chi connectivity index (χ4n) is 1.70. The number of hydrogen-bond acceptors (Lipinski definition) is 8. The average molecular weight is 268 g/mol. The molecular weight excluding hydrogens is 252 g/mol. The Morgan fingerprint density at radius 2 is 1.94 bits per heavy atom. The number of carboxylic acid groups (broad SMARTS) is 1. The third-order valence-corrected chi connectivity index (χ3v) is 2.80. The summed E-state index contributed by atoms with van der Waals surface area (Å²) in [6.07, 6.45) is -9.50. The number of hydrogen-bond donors (Lipinski definition) is 7. The van der Waals surface area contributed by atoms with Crippen molar-refractivity contribution in [3.63, 3.8) is 0 Å². The first-order valence-corrected chi connectivity index (χ1v) is 5.19. The van der Waals surface area contributed by atoms with Crippen LogP contribution in [0.4, 0.5) is 0 Å². The van der Waals surface area contributed by atoms with Gasteiger partial charge < -0.3 is 40.5 Å². The Hall–Kier alpha value is -0.810. The van der Waals surface area contributed by atoms with Gasteiger partial charge >= 0.3 is 5.97 Å². The first-order chi connectivity index (χ1) is 8.23. The van der Waals surface area contributed by atoms with Crippen molar-refractivity contribution in [1.82, 2.24) is 0 Å². The summed E-state index contributed by atoms with van der Waals surface area (Å²) in [6, 6.07) is 0. The van der Waals surface area contributed by atoms with Crippen LogP contribution in [0.15, 0.2) is 0 Å². The summed E-state index contributed by atoms with van der Waals surface area (Å²) in [4.78, 5) is 10.8. The molecule has 1 rings (SSSR count). The van der Waals surface area contributed by atoms with Gasteiger partial charge in [0.05, 0.1) is 12.7 Å². The summed E-state index contributed by atoms with van der Waals surface area (Å²) in [5.74, 6) is -4.58. The highest BCUT2D eigenvalue weighted by molar-refractivity contribution is 5.75. The third-order valence-electron chi connectivity index (χ3n) is 2.80.